The highest BCUT2D eigenvalue weighted by Crippen LogP contribution is 2.36. The largest absolute Gasteiger partial charge is 0.508 e. The second-order valence-corrected chi connectivity index (χ2v) is 8.95. The van der Waals surface area contributed by atoms with Gasteiger partial charge in [-0.05, 0) is 38.8 Å². The summed E-state index contributed by atoms with van der Waals surface area (Å²) < 4.78 is 28.7. The van der Waals surface area contributed by atoms with Gasteiger partial charge < -0.3 is 28.8 Å². The van der Waals surface area contributed by atoms with E-state index >= 15 is 0 Å². The maximum Gasteiger partial charge on any atom is 0.342 e. The van der Waals surface area contributed by atoms with Crippen molar-refractivity contribution in [2.45, 2.75) is 65.1 Å². The third kappa shape index (κ3) is 5.71. The first-order valence-corrected chi connectivity index (χ1v) is 11.0. The molecule has 32 heavy (non-hydrogen) atoms. The Hall–Kier alpha value is -2.35. The smallest absolute Gasteiger partial charge is 0.342 e. The summed E-state index contributed by atoms with van der Waals surface area (Å²) in [7, 11) is 1.48. The Balaban J connectivity index is 2.04. The maximum absolute atomic E-state index is 13.1. The van der Waals surface area contributed by atoms with E-state index < -0.39 is 11.8 Å². The molecule has 0 aliphatic carbocycles. The highest BCUT2D eigenvalue weighted by molar-refractivity contribution is 5.97. The molecule has 0 radical (unpaired) electrons. The molecular weight excluding hydrogens is 412 g/mol. The monoisotopic (exact) mass is 446 g/mol. The van der Waals surface area contributed by atoms with Crippen molar-refractivity contribution in [2.75, 3.05) is 13.9 Å². The molecule has 2 aliphatic heterocycles. The van der Waals surface area contributed by atoms with Crippen LogP contribution in [0.3, 0.4) is 0 Å². The minimum absolute atomic E-state index is 0.0161. The van der Waals surface area contributed by atoms with Gasteiger partial charge in [0.15, 0.2) is 12.6 Å². The molecule has 0 spiro atoms. The van der Waals surface area contributed by atoms with Crippen molar-refractivity contribution in [1.29, 1.82) is 0 Å². The summed E-state index contributed by atoms with van der Waals surface area (Å²) >= 11 is 0. The molecule has 1 aromatic rings. The summed E-state index contributed by atoms with van der Waals surface area (Å²) in [5, 5.41) is 10.2. The number of phenolic OH excluding ortho intramolecular Hbond substituents is 1. The van der Waals surface area contributed by atoms with Gasteiger partial charge in [-0.3, -0.25) is 0 Å². The lowest BCUT2D eigenvalue weighted by atomic mass is 9.94. The van der Waals surface area contributed by atoms with E-state index in [4.69, 9.17) is 23.7 Å². The van der Waals surface area contributed by atoms with Gasteiger partial charge in [0.05, 0.1) is 12.2 Å². The minimum atomic E-state index is -0.672. The molecule has 7 nitrogen and oxygen atoms in total. The van der Waals surface area contributed by atoms with Crippen LogP contribution in [0.5, 0.6) is 11.5 Å². The number of carbonyl (C=O) groups is 1. The number of aromatic hydroxyl groups is 1. The summed E-state index contributed by atoms with van der Waals surface area (Å²) in [5.74, 6) is -0.911. The number of methoxy groups -OCH3 is 1. The fourth-order valence-electron chi connectivity index (χ4n) is 3.98. The third-order valence-electron chi connectivity index (χ3n) is 5.81. The Kier molecular flexibility index (Phi) is 7.64. The topological polar surface area (TPSA) is 83.5 Å². The molecule has 0 amide bonds. The van der Waals surface area contributed by atoms with Crippen LogP contribution in [0.25, 0.3) is 6.08 Å². The first-order chi connectivity index (χ1) is 15.1. The van der Waals surface area contributed by atoms with Gasteiger partial charge >= 0.3 is 5.97 Å². The second-order valence-electron chi connectivity index (χ2n) is 8.95. The molecule has 0 saturated carbocycles. The number of ether oxygens (including phenoxy) is 5. The highest BCUT2D eigenvalue weighted by Gasteiger charge is 2.42. The molecule has 5 atom stereocenters. The van der Waals surface area contributed by atoms with Crippen LogP contribution in [0.1, 0.15) is 57.0 Å². The second kappa shape index (κ2) is 10.1. The molecule has 176 valence electrons. The normalized spacial score (nSPS) is 32.2. The summed E-state index contributed by atoms with van der Waals surface area (Å²) in [5.41, 5.74) is 0.737. The number of cyclic esters (lactones) is 1. The summed E-state index contributed by atoms with van der Waals surface area (Å²) in [6, 6.07) is 2.90. The molecule has 1 fully saturated rings. The van der Waals surface area contributed by atoms with Gasteiger partial charge in [-0.15, -0.1) is 0 Å². The molecule has 2 aliphatic rings. The van der Waals surface area contributed by atoms with Crippen molar-refractivity contribution < 1.29 is 33.6 Å². The van der Waals surface area contributed by atoms with E-state index in [2.05, 4.69) is 19.1 Å². The quantitative estimate of drug-likeness (QED) is 0.410. The average molecular weight is 447 g/mol. The Morgan fingerprint density at radius 3 is 2.56 bits per heavy atom. The zero-order chi connectivity index (χ0) is 23.5. The van der Waals surface area contributed by atoms with Crippen molar-refractivity contribution in [2.24, 2.45) is 11.8 Å². The number of carbonyl (C=O) groups excluding carboxylic acids is 1. The van der Waals surface area contributed by atoms with Crippen molar-refractivity contribution >= 4 is 12.0 Å². The Morgan fingerprint density at radius 2 is 1.84 bits per heavy atom. The van der Waals surface area contributed by atoms with Gasteiger partial charge in [0.1, 0.15) is 23.2 Å². The van der Waals surface area contributed by atoms with Gasteiger partial charge in [-0.1, -0.05) is 38.2 Å². The molecule has 7 heteroatoms. The van der Waals surface area contributed by atoms with Crippen LogP contribution in [0, 0.1) is 11.8 Å². The van der Waals surface area contributed by atoms with E-state index in [1.165, 1.54) is 19.2 Å². The Labute approximate surface area is 189 Å². The standard InChI is InChI=1S/C25H34O7/c1-15-10-11-16(2)23-20(31-25(4,5)32-23)9-7-8-18-12-19(26)13-21(29-14-28-6)22(18)24(27)30-17(15)3/h7-8,10-13,15-17,20,23,26H,9,14H2,1-6H3/b8-7+,11-10-/t15?,16?,17-,20-,23+/m0/s1. The van der Waals surface area contributed by atoms with Gasteiger partial charge in [-0.25, -0.2) is 4.79 Å². The minimum Gasteiger partial charge on any atom is -0.508 e. The SMILES string of the molecule is COCOc1cc(O)cc2c1C(=O)O[C@@H](C)C(C)/C=C\C(C)[C@H]1OC(C)(C)O[C@H]1C/C=C/2. The van der Waals surface area contributed by atoms with Crippen molar-refractivity contribution in [3.63, 3.8) is 0 Å². The van der Waals surface area contributed by atoms with E-state index in [1.807, 2.05) is 33.8 Å². The Morgan fingerprint density at radius 1 is 1.12 bits per heavy atom. The lowest BCUT2D eigenvalue weighted by molar-refractivity contribution is -0.148. The number of hydrogen-bond donors (Lipinski definition) is 1. The van der Waals surface area contributed by atoms with E-state index in [0.29, 0.717) is 12.0 Å². The zero-order valence-corrected chi connectivity index (χ0v) is 19.7. The number of phenols is 1. The molecule has 3 rings (SSSR count). The first-order valence-electron chi connectivity index (χ1n) is 11.0. The summed E-state index contributed by atoms with van der Waals surface area (Å²) in [4.78, 5) is 13.1. The van der Waals surface area contributed by atoms with E-state index in [9.17, 15) is 9.90 Å². The van der Waals surface area contributed by atoms with Gasteiger partial charge in [0, 0.05) is 25.0 Å². The molecule has 1 N–H and O–H groups in total. The Bertz CT molecular complexity index is 873. The molecule has 0 bridgehead atoms. The molecule has 0 aromatic heterocycles. The predicted octanol–water partition coefficient (Wildman–Crippen LogP) is 4.69. The molecule has 1 saturated heterocycles. The van der Waals surface area contributed by atoms with E-state index in [1.54, 1.807) is 6.08 Å². The van der Waals surface area contributed by atoms with Crippen LogP contribution >= 0.6 is 0 Å². The van der Waals surface area contributed by atoms with E-state index in [-0.39, 0.29) is 54.0 Å². The van der Waals surface area contributed by atoms with E-state index in [0.717, 1.165) is 0 Å². The van der Waals surface area contributed by atoms with Crippen molar-refractivity contribution in [1.82, 2.24) is 0 Å². The predicted molar refractivity (Wildman–Crippen MR) is 120 cm³/mol. The number of benzene rings is 1. The number of rotatable bonds is 3. The zero-order valence-electron chi connectivity index (χ0n) is 19.7. The van der Waals surface area contributed by atoms with Crippen molar-refractivity contribution in [3.05, 3.63) is 41.5 Å². The molecular formula is C25H34O7. The fraction of sp³-hybridized carbons (Fsp3) is 0.560. The summed E-state index contributed by atoms with van der Waals surface area (Å²) in [6.45, 7) is 9.72. The number of hydrogen-bond acceptors (Lipinski definition) is 7. The fourth-order valence-corrected chi connectivity index (χ4v) is 3.98. The highest BCUT2D eigenvalue weighted by atomic mass is 16.8. The molecule has 2 heterocycles. The van der Waals surface area contributed by atoms with Crippen LogP contribution in [0.2, 0.25) is 0 Å². The van der Waals surface area contributed by atoms with Gasteiger partial charge in [-0.2, -0.15) is 0 Å². The summed E-state index contributed by atoms with van der Waals surface area (Å²) in [6.07, 6.45) is 7.81. The van der Waals surface area contributed by atoms with Gasteiger partial charge in [0.25, 0.3) is 0 Å². The van der Waals surface area contributed by atoms with Crippen molar-refractivity contribution in [3.8, 4) is 11.5 Å². The third-order valence-corrected chi connectivity index (χ3v) is 5.81. The lowest BCUT2D eigenvalue weighted by Crippen LogP contribution is -2.29. The average Bonchev–Trinajstić information content (AvgIpc) is 3.03. The lowest BCUT2D eigenvalue weighted by Gasteiger charge is -2.23. The number of esters is 1. The molecule has 1 aromatic carbocycles. The van der Waals surface area contributed by atoms with Crippen LogP contribution in [0.4, 0.5) is 0 Å². The van der Waals surface area contributed by atoms with Crippen LogP contribution < -0.4 is 4.74 Å². The maximum atomic E-state index is 13.1. The van der Waals surface area contributed by atoms with Gasteiger partial charge in [0.2, 0.25) is 0 Å². The molecule has 2 unspecified atom stereocenters. The van der Waals surface area contributed by atoms with Crippen LogP contribution in [0.15, 0.2) is 30.4 Å². The number of fused-ring (bicyclic) bond motifs is 2. The first kappa shape index (κ1) is 24.3. The van der Waals surface area contributed by atoms with Crippen LogP contribution in [-0.2, 0) is 18.9 Å². The van der Waals surface area contributed by atoms with Crippen LogP contribution in [-0.4, -0.2) is 49.1 Å².